The zero-order chi connectivity index (χ0) is 28.4. The zero-order valence-electron chi connectivity index (χ0n) is 22.3. The van der Waals surface area contributed by atoms with E-state index in [9.17, 15) is 9.90 Å². The average molecular weight is 605 g/mol. The largest absolute Gasteiger partial charge is 0.507 e. The van der Waals surface area contributed by atoms with Crippen LogP contribution in [0.15, 0.2) is 42.5 Å². The van der Waals surface area contributed by atoms with Crippen LogP contribution in [0.3, 0.4) is 0 Å². The van der Waals surface area contributed by atoms with Crippen LogP contribution in [0.25, 0.3) is 0 Å². The minimum absolute atomic E-state index is 0. The number of aromatic hydroxyl groups is 1. The van der Waals surface area contributed by atoms with Gasteiger partial charge in [0.15, 0.2) is 0 Å². The maximum atomic E-state index is 12.7. The molecule has 4 atom stereocenters. The van der Waals surface area contributed by atoms with E-state index in [1.165, 1.54) is 18.2 Å². The highest BCUT2D eigenvalue weighted by atomic mass is 35.5. The number of amides is 1. The molecule has 5 rings (SSSR count). The molecule has 0 aliphatic carbocycles. The van der Waals surface area contributed by atoms with Crippen LogP contribution in [0.4, 0.5) is 29.2 Å². The highest BCUT2D eigenvalue weighted by Gasteiger charge is 2.28. The second-order valence-electron chi connectivity index (χ2n) is 10.4. The molecule has 220 valence electrons. The fraction of sp³-hybridized carbons (Fsp3) is 0.385. The molecule has 13 nitrogen and oxygen atoms in total. The fourth-order valence-electron chi connectivity index (χ4n) is 5.08. The van der Waals surface area contributed by atoms with Crippen LogP contribution >= 0.6 is 24.0 Å². The number of carbonyl (C=O) groups excluding carboxylic acids is 1. The Hall–Kier alpha value is -3.46. The van der Waals surface area contributed by atoms with Crippen molar-refractivity contribution >= 4 is 59.1 Å². The van der Waals surface area contributed by atoms with Gasteiger partial charge in [-0.25, -0.2) is 0 Å². The molecule has 11 N–H and O–H groups in total. The van der Waals surface area contributed by atoms with Gasteiger partial charge in [0.1, 0.15) is 5.75 Å². The monoisotopic (exact) mass is 603 g/mol. The standard InChI is InChI=1S/C26H34ClN11O2.ClH/c27-14-4-5-21(22(39)6-14)23(40)32-19-2-1-3-20(9-19)33-24-34-25(37-10-15(28)7-16(29)11-37)36-26(35-24)38-12-17(30)8-18(31)13-38;/h1-6,9,15-18,39H,7-8,10-13,28-31H2,(H,32,40)(H,33,34,35,36);1H. The zero-order valence-corrected chi connectivity index (χ0v) is 23.9. The average Bonchev–Trinajstić information content (AvgIpc) is 2.87. The molecule has 2 aromatic carbocycles. The minimum Gasteiger partial charge on any atom is -0.507 e. The Kier molecular flexibility index (Phi) is 9.68. The molecular formula is C26H35Cl2N11O2. The molecule has 3 aromatic rings. The number of phenolic OH excluding ortho intramolecular Hbond substituents is 1. The molecule has 3 heterocycles. The lowest BCUT2D eigenvalue weighted by Gasteiger charge is -2.37. The summed E-state index contributed by atoms with van der Waals surface area (Å²) in [5, 5.41) is 16.4. The second kappa shape index (κ2) is 13.0. The lowest BCUT2D eigenvalue weighted by Crippen LogP contribution is -2.54. The number of aromatic nitrogens is 3. The van der Waals surface area contributed by atoms with Gasteiger partial charge in [-0.1, -0.05) is 17.7 Å². The van der Waals surface area contributed by atoms with Crippen molar-refractivity contribution in [1.82, 2.24) is 15.0 Å². The van der Waals surface area contributed by atoms with Gasteiger partial charge in [0, 0.05) is 66.7 Å². The Balaban J connectivity index is 0.00000387. The van der Waals surface area contributed by atoms with Crippen molar-refractivity contribution in [3.8, 4) is 5.75 Å². The molecule has 0 saturated carbocycles. The number of anilines is 5. The molecule has 2 saturated heterocycles. The molecule has 0 radical (unpaired) electrons. The Morgan fingerprint density at radius 3 is 1.90 bits per heavy atom. The van der Waals surface area contributed by atoms with Crippen molar-refractivity contribution in [3.05, 3.63) is 53.1 Å². The van der Waals surface area contributed by atoms with Crippen molar-refractivity contribution in [2.24, 2.45) is 22.9 Å². The number of rotatable bonds is 6. The highest BCUT2D eigenvalue weighted by Crippen LogP contribution is 2.26. The maximum absolute atomic E-state index is 12.7. The third-order valence-corrected chi connectivity index (χ3v) is 7.02. The van der Waals surface area contributed by atoms with Gasteiger partial charge in [-0.2, -0.15) is 15.0 Å². The third kappa shape index (κ3) is 7.64. The topological polar surface area (TPSA) is 211 Å². The van der Waals surface area contributed by atoms with Crippen LogP contribution in [0.1, 0.15) is 23.2 Å². The number of carbonyl (C=O) groups is 1. The Morgan fingerprint density at radius 2 is 1.37 bits per heavy atom. The summed E-state index contributed by atoms with van der Waals surface area (Å²) in [6.45, 7) is 2.26. The van der Waals surface area contributed by atoms with E-state index >= 15 is 0 Å². The van der Waals surface area contributed by atoms with Gasteiger partial charge in [-0.05, 0) is 49.2 Å². The van der Waals surface area contributed by atoms with Gasteiger partial charge in [0.2, 0.25) is 17.8 Å². The minimum atomic E-state index is -0.480. The summed E-state index contributed by atoms with van der Waals surface area (Å²) in [5.74, 6) is 0.520. The summed E-state index contributed by atoms with van der Waals surface area (Å²) < 4.78 is 0. The Labute approximate surface area is 249 Å². The Bertz CT molecular complexity index is 1320. The quantitative estimate of drug-likeness (QED) is 0.213. The van der Waals surface area contributed by atoms with E-state index in [4.69, 9.17) is 39.5 Å². The summed E-state index contributed by atoms with van der Waals surface area (Å²) in [4.78, 5) is 30.8. The maximum Gasteiger partial charge on any atom is 0.259 e. The van der Waals surface area contributed by atoms with Crippen LogP contribution in [0.5, 0.6) is 5.75 Å². The molecule has 41 heavy (non-hydrogen) atoms. The molecule has 2 fully saturated rings. The molecule has 4 unspecified atom stereocenters. The molecule has 1 amide bonds. The van der Waals surface area contributed by atoms with E-state index in [0.29, 0.717) is 60.4 Å². The van der Waals surface area contributed by atoms with Crippen LogP contribution in [0, 0.1) is 0 Å². The lowest BCUT2D eigenvalue weighted by atomic mass is 10.0. The number of hydrogen-bond donors (Lipinski definition) is 7. The van der Waals surface area contributed by atoms with E-state index in [1.807, 2.05) is 15.9 Å². The van der Waals surface area contributed by atoms with Gasteiger partial charge in [-0.3, -0.25) is 4.79 Å². The first-order valence-corrected chi connectivity index (χ1v) is 13.5. The summed E-state index contributed by atoms with van der Waals surface area (Å²) in [7, 11) is 0. The van der Waals surface area contributed by atoms with Gasteiger partial charge >= 0.3 is 0 Å². The second-order valence-corrected chi connectivity index (χ2v) is 10.8. The highest BCUT2D eigenvalue weighted by molar-refractivity contribution is 6.31. The summed E-state index contributed by atoms with van der Waals surface area (Å²) in [6.07, 6.45) is 1.45. The number of halogens is 2. The van der Waals surface area contributed by atoms with Crippen molar-refractivity contribution in [2.75, 3.05) is 46.6 Å². The number of benzene rings is 2. The first-order valence-electron chi connectivity index (χ1n) is 13.1. The SMILES string of the molecule is Cl.NC1CC(N)CN(c2nc(Nc3cccc(NC(=O)c4ccc(Cl)cc4O)c3)nc(N3CC(N)CC(N)C3)n2)C1. The van der Waals surface area contributed by atoms with E-state index in [0.717, 1.165) is 12.8 Å². The summed E-state index contributed by atoms with van der Waals surface area (Å²) >= 11 is 5.88. The molecular weight excluding hydrogens is 569 g/mol. The van der Waals surface area contributed by atoms with Crippen LogP contribution < -0.4 is 43.4 Å². The van der Waals surface area contributed by atoms with Crippen molar-refractivity contribution in [1.29, 1.82) is 0 Å². The summed E-state index contributed by atoms with van der Waals surface area (Å²) in [6, 6.07) is 11.0. The number of phenols is 1. The van der Waals surface area contributed by atoms with Gasteiger partial charge in [0.25, 0.3) is 5.91 Å². The van der Waals surface area contributed by atoms with Gasteiger partial charge in [-0.15, -0.1) is 12.4 Å². The van der Waals surface area contributed by atoms with Crippen LogP contribution in [-0.2, 0) is 0 Å². The fourth-order valence-corrected chi connectivity index (χ4v) is 5.24. The van der Waals surface area contributed by atoms with Crippen molar-refractivity contribution in [2.45, 2.75) is 37.0 Å². The summed E-state index contributed by atoms with van der Waals surface area (Å²) in [5.41, 5.74) is 26.2. The van der Waals surface area contributed by atoms with Gasteiger partial charge < -0.3 is 48.5 Å². The number of nitrogens with zero attached hydrogens (tertiary/aromatic N) is 5. The molecule has 15 heteroatoms. The number of nitrogens with two attached hydrogens (primary N) is 4. The number of hydrogen-bond acceptors (Lipinski definition) is 12. The lowest BCUT2D eigenvalue weighted by molar-refractivity contribution is 0.102. The van der Waals surface area contributed by atoms with Crippen molar-refractivity contribution in [3.63, 3.8) is 0 Å². The predicted octanol–water partition coefficient (Wildman–Crippen LogP) is 1.38. The van der Waals surface area contributed by atoms with Gasteiger partial charge in [0.05, 0.1) is 5.56 Å². The predicted molar refractivity (Wildman–Crippen MR) is 163 cm³/mol. The van der Waals surface area contributed by atoms with E-state index in [2.05, 4.69) is 20.6 Å². The number of nitrogens with one attached hydrogen (secondary N) is 2. The smallest absolute Gasteiger partial charge is 0.259 e. The molecule has 2 aliphatic heterocycles. The van der Waals surface area contributed by atoms with E-state index in [1.54, 1.807) is 18.2 Å². The van der Waals surface area contributed by atoms with E-state index in [-0.39, 0.29) is 47.9 Å². The van der Waals surface area contributed by atoms with E-state index < -0.39 is 5.91 Å². The van der Waals surface area contributed by atoms with Crippen LogP contribution in [-0.4, -0.2) is 76.3 Å². The molecule has 1 aromatic heterocycles. The van der Waals surface area contributed by atoms with Crippen LogP contribution in [0.2, 0.25) is 5.02 Å². The molecule has 0 bridgehead atoms. The molecule has 0 spiro atoms. The third-order valence-electron chi connectivity index (χ3n) is 6.79. The van der Waals surface area contributed by atoms with Crippen molar-refractivity contribution < 1.29 is 9.90 Å². The first kappa shape index (κ1) is 30.5. The molecule has 2 aliphatic rings. The first-order chi connectivity index (χ1) is 19.1. The normalized spacial score (nSPS) is 22.6. The Morgan fingerprint density at radius 1 is 0.829 bits per heavy atom. The number of piperidine rings is 2.